The van der Waals surface area contributed by atoms with Crippen molar-refractivity contribution in [3.8, 4) is 0 Å². The van der Waals surface area contributed by atoms with Gasteiger partial charge >= 0.3 is 10.1 Å². The lowest BCUT2D eigenvalue weighted by molar-refractivity contribution is 0.122. The Balaban J connectivity index is 0.000000169. The third-order valence-electron chi connectivity index (χ3n) is 9.49. The first-order valence-corrected chi connectivity index (χ1v) is 22.5. The summed E-state index contributed by atoms with van der Waals surface area (Å²) in [5.74, 6) is 0. The molecule has 0 aliphatic carbocycles. The van der Waals surface area contributed by atoms with E-state index >= 15 is 0 Å². The normalized spacial score (nSPS) is 14.3. The molecule has 8 rings (SSSR count). The second-order valence-electron chi connectivity index (χ2n) is 13.9. The van der Waals surface area contributed by atoms with Gasteiger partial charge in [-0.05, 0) is 71.8 Å². The van der Waals surface area contributed by atoms with E-state index in [1.807, 2.05) is 78.9 Å². The molecule has 2 fully saturated rings. The molecule has 18 heteroatoms. The highest BCUT2D eigenvalue weighted by molar-refractivity contribution is 7.92. The van der Waals surface area contributed by atoms with Gasteiger partial charge in [-0.15, -0.1) is 0 Å². The van der Waals surface area contributed by atoms with Crippen LogP contribution in [0.4, 0.5) is 22.7 Å². The van der Waals surface area contributed by atoms with Gasteiger partial charge in [-0.1, -0.05) is 66.2 Å². The van der Waals surface area contributed by atoms with E-state index in [1.54, 1.807) is 20.3 Å². The molecule has 0 unspecified atom stereocenters. The second kappa shape index (κ2) is 20.7. The van der Waals surface area contributed by atoms with Gasteiger partial charge in [0.1, 0.15) is 0 Å². The Bertz CT molecular complexity index is 2490. The zero-order chi connectivity index (χ0) is 42.5. The summed E-state index contributed by atoms with van der Waals surface area (Å²) >= 11 is 5.90. The van der Waals surface area contributed by atoms with E-state index in [4.69, 9.17) is 25.6 Å². The number of halogens is 1. The van der Waals surface area contributed by atoms with Crippen molar-refractivity contribution in [2.75, 3.05) is 72.0 Å². The van der Waals surface area contributed by atoms with E-state index in [1.165, 1.54) is 43.2 Å². The summed E-state index contributed by atoms with van der Waals surface area (Å²) in [6.07, 6.45) is 3.07. The van der Waals surface area contributed by atoms with Crippen molar-refractivity contribution in [3.05, 3.63) is 144 Å². The highest BCUT2D eigenvalue weighted by Gasteiger charge is 2.28. The number of aromatic nitrogens is 4. The van der Waals surface area contributed by atoms with Crippen molar-refractivity contribution >= 4 is 54.5 Å². The number of rotatable bonds is 11. The minimum Gasteiger partial charge on any atom is -0.381 e. The average molecular weight is 877 g/mol. The summed E-state index contributed by atoms with van der Waals surface area (Å²) in [5.41, 5.74) is 6.11. The van der Waals surface area contributed by atoms with E-state index in [0.29, 0.717) is 18.9 Å². The molecule has 2 saturated heterocycles. The molecule has 318 valence electrons. The molecule has 2 aliphatic heterocycles. The van der Waals surface area contributed by atoms with Crippen molar-refractivity contribution in [1.29, 1.82) is 0 Å². The van der Waals surface area contributed by atoms with E-state index in [-0.39, 0.29) is 16.6 Å². The fourth-order valence-corrected chi connectivity index (χ4v) is 8.34. The Labute approximate surface area is 356 Å². The van der Waals surface area contributed by atoms with Crippen LogP contribution in [0.3, 0.4) is 0 Å². The van der Waals surface area contributed by atoms with E-state index in [9.17, 15) is 16.8 Å². The number of hydrogen-bond acceptors (Lipinski definition) is 11. The van der Waals surface area contributed by atoms with Crippen LogP contribution in [0.1, 0.15) is 11.1 Å². The predicted octanol–water partition coefficient (Wildman–Crippen LogP) is 6.11. The summed E-state index contributed by atoms with van der Waals surface area (Å²) in [7, 11) is -4.66. The standard InChI is InChI=1S/C21H24N4O3S.C17H19ClN2O.C4H6N2O3S/c1-23-11-10-21(22-23)29(26,27)25(17-18-6-3-2-4-7-18)20-9-5-8-19(16-20)24-12-14-28-15-13-24;18-15-6-4-14(5-7-15)13-19-16-2-1-3-17(12-16)20-8-10-21-11-9-20;1-6-3-2-4(5-6)10(7,8)9/h2-11,16H,12-15,17H2,1H3;1-7,12,19H,8-11,13H2;2-3H,1H3,(H,7,8,9). The van der Waals surface area contributed by atoms with Gasteiger partial charge in [0.15, 0.2) is 5.03 Å². The summed E-state index contributed by atoms with van der Waals surface area (Å²) in [5, 5.41) is 11.5. The van der Waals surface area contributed by atoms with Gasteiger partial charge in [-0.3, -0.25) is 18.2 Å². The molecule has 60 heavy (non-hydrogen) atoms. The van der Waals surface area contributed by atoms with Crippen LogP contribution in [0.25, 0.3) is 0 Å². The van der Waals surface area contributed by atoms with Gasteiger partial charge in [0.25, 0.3) is 10.0 Å². The number of aryl methyl sites for hydroxylation is 2. The lowest BCUT2D eigenvalue weighted by Gasteiger charge is -2.30. The lowest BCUT2D eigenvalue weighted by Crippen LogP contribution is -2.36. The highest BCUT2D eigenvalue weighted by Crippen LogP contribution is 2.29. The van der Waals surface area contributed by atoms with Crippen LogP contribution in [0.2, 0.25) is 5.02 Å². The monoisotopic (exact) mass is 876 g/mol. The number of nitrogens with one attached hydrogen (secondary N) is 1. The number of morpholine rings is 2. The summed E-state index contributed by atoms with van der Waals surface area (Å²) < 4.78 is 71.0. The summed E-state index contributed by atoms with van der Waals surface area (Å²) in [6.45, 7) is 7.47. The molecular formula is C42H49ClN8O7S2. The number of benzene rings is 4. The molecule has 15 nitrogen and oxygen atoms in total. The largest absolute Gasteiger partial charge is 0.381 e. The maximum absolute atomic E-state index is 13.5. The average Bonchev–Trinajstić information content (AvgIpc) is 3.93. The Morgan fingerprint density at radius 3 is 1.75 bits per heavy atom. The highest BCUT2D eigenvalue weighted by atomic mass is 35.5. The van der Waals surface area contributed by atoms with Crippen molar-refractivity contribution in [1.82, 2.24) is 19.6 Å². The number of hydrogen-bond donors (Lipinski definition) is 2. The van der Waals surface area contributed by atoms with Crippen molar-refractivity contribution < 1.29 is 30.9 Å². The molecule has 2 aromatic heterocycles. The minimum atomic E-state index is -4.11. The predicted molar refractivity (Wildman–Crippen MR) is 234 cm³/mol. The van der Waals surface area contributed by atoms with Crippen LogP contribution in [-0.2, 0) is 56.8 Å². The van der Waals surface area contributed by atoms with Crippen LogP contribution in [-0.4, -0.2) is 93.6 Å². The fraction of sp³-hybridized carbons (Fsp3) is 0.286. The van der Waals surface area contributed by atoms with Crippen LogP contribution >= 0.6 is 11.6 Å². The van der Waals surface area contributed by atoms with Crippen molar-refractivity contribution in [3.63, 3.8) is 0 Å². The second-order valence-corrected chi connectivity index (χ2v) is 17.5. The molecule has 0 radical (unpaired) electrons. The molecule has 6 aromatic rings. The molecule has 2 aliphatic rings. The molecule has 0 saturated carbocycles. The van der Waals surface area contributed by atoms with Crippen LogP contribution in [0, 0.1) is 0 Å². The SMILES string of the molecule is Clc1ccc(CNc2cccc(N3CCOCC3)c2)cc1.Cn1ccc(S(=O)(=O)N(Cc2ccccc2)c2cccc(N3CCOCC3)c2)n1.Cn1ccc(S(=O)(=O)O)n1. The smallest absolute Gasteiger partial charge is 0.313 e. The van der Waals surface area contributed by atoms with Crippen LogP contribution < -0.4 is 19.4 Å². The quantitative estimate of drug-likeness (QED) is 0.144. The third kappa shape index (κ3) is 12.5. The topological polar surface area (TPSA) is 164 Å². The van der Waals surface area contributed by atoms with Crippen molar-refractivity contribution in [2.24, 2.45) is 14.1 Å². The molecule has 4 aromatic carbocycles. The van der Waals surface area contributed by atoms with Gasteiger partial charge in [-0.25, -0.2) is 0 Å². The third-order valence-corrected chi connectivity index (χ3v) is 12.2. The number of sulfonamides is 1. The number of nitrogens with zero attached hydrogens (tertiary/aromatic N) is 7. The first kappa shape index (κ1) is 44.1. The number of ether oxygens (including phenoxy) is 2. The maximum Gasteiger partial charge on any atom is 0.313 e. The first-order chi connectivity index (χ1) is 28.8. The Morgan fingerprint density at radius 2 is 1.22 bits per heavy atom. The van der Waals surface area contributed by atoms with Gasteiger partial charge in [-0.2, -0.15) is 27.0 Å². The first-order valence-electron chi connectivity index (χ1n) is 19.2. The van der Waals surface area contributed by atoms with Gasteiger partial charge in [0.05, 0.1) is 38.7 Å². The molecule has 0 spiro atoms. The molecule has 2 N–H and O–H groups in total. The number of anilines is 4. The van der Waals surface area contributed by atoms with Gasteiger partial charge in [0, 0.05) is 81.3 Å². The summed E-state index contributed by atoms with van der Waals surface area (Å²) in [4.78, 5) is 4.57. The molecule has 4 heterocycles. The Kier molecular flexibility index (Phi) is 15.2. The van der Waals surface area contributed by atoms with Crippen LogP contribution in [0.15, 0.2) is 138 Å². The van der Waals surface area contributed by atoms with Crippen molar-refractivity contribution in [2.45, 2.75) is 23.1 Å². The summed E-state index contributed by atoms with van der Waals surface area (Å²) in [6, 6.07) is 36.4. The molecular weight excluding hydrogens is 828 g/mol. The minimum absolute atomic E-state index is 0.0349. The Hall–Kier alpha value is -5.43. The van der Waals surface area contributed by atoms with E-state index < -0.39 is 20.1 Å². The lowest BCUT2D eigenvalue weighted by atomic mass is 10.2. The molecule has 0 atom stereocenters. The van der Waals surface area contributed by atoms with E-state index in [2.05, 4.69) is 49.6 Å². The van der Waals surface area contributed by atoms with Gasteiger partial charge in [0.2, 0.25) is 5.03 Å². The van der Waals surface area contributed by atoms with E-state index in [0.717, 1.165) is 67.9 Å². The Morgan fingerprint density at radius 1 is 0.667 bits per heavy atom. The molecule has 0 bridgehead atoms. The zero-order valence-electron chi connectivity index (χ0n) is 33.4. The van der Waals surface area contributed by atoms with Gasteiger partial charge < -0.3 is 24.6 Å². The molecule has 0 amide bonds. The van der Waals surface area contributed by atoms with Crippen LogP contribution in [0.5, 0.6) is 0 Å². The fourth-order valence-electron chi connectivity index (χ4n) is 6.35. The zero-order valence-corrected chi connectivity index (χ0v) is 35.8. The maximum atomic E-state index is 13.5.